The minimum absolute atomic E-state index is 0.103. The largest absolute Gasteiger partial charge is 0.306 e. The topological polar surface area (TPSA) is 55.2 Å². The highest BCUT2D eigenvalue weighted by molar-refractivity contribution is 5.49. The van der Waals surface area contributed by atoms with Gasteiger partial charge in [-0.25, -0.2) is 0 Å². The van der Waals surface area contributed by atoms with Crippen LogP contribution in [-0.4, -0.2) is 11.0 Å². The first-order chi connectivity index (χ1) is 9.17. The molecule has 0 unspecified atom stereocenters. The number of hydrogen-bond acceptors (Lipinski definition) is 3. The van der Waals surface area contributed by atoms with Crippen molar-refractivity contribution in [1.82, 2.24) is 5.32 Å². The van der Waals surface area contributed by atoms with Crippen LogP contribution in [0.4, 0.5) is 5.69 Å². The zero-order valence-corrected chi connectivity index (χ0v) is 10.8. The predicted octanol–water partition coefficient (Wildman–Crippen LogP) is 3.30. The van der Waals surface area contributed by atoms with Gasteiger partial charge in [-0.3, -0.25) is 10.1 Å². The third-order valence-corrected chi connectivity index (χ3v) is 3.50. The van der Waals surface area contributed by atoms with Crippen molar-refractivity contribution >= 4 is 5.69 Å². The Morgan fingerprint density at radius 1 is 1.37 bits per heavy atom. The van der Waals surface area contributed by atoms with E-state index in [1.165, 1.54) is 0 Å². The zero-order chi connectivity index (χ0) is 13.8. The van der Waals surface area contributed by atoms with Crippen LogP contribution in [0, 0.1) is 10.1 Å². The van der Waals surface area contributed by atoms with Gasteiger partial charge in [-0.2, -0.15) is 0 Å². The maximum absolute atomic E-state index is 11.1. The van der Waals surface area contributed by atoms with E-state index in [0.717, 1.165) is 24.0 Å². The number of nitro benzene ring substituents is 1. The fourth-order valence-corrected chi connectivity index (χ4v) is 2.71. The number of nitro groups is 1. The molecule has 1 N–H and O–H groups in total. The quantitative estimate of drug-likeness (QED) is 0.501. The van der Waals surface area contributed by atoms with Crippen LogP contribution in [0.25, 0.3) is 0 Å². The number of nitrogens with one attached hydrogen (secondary N) is 1. The molecule has 1 aliphatic rings. The molecule has 0 aromatic heterocycles. The Morgan fingerprint density at radius 3 is 2.74 bits per heavy atom. The Bertz CT molecular complexity index is 511. The first-order valence-corrected chi connectivity index (χ1v) is 6.41. The molecule has 1 aliphatic heterocycles. The summed E-state index contributed by atoms with van der Waals surface area (Å²) in [5.74, 6) is 0. The lowest BCUT2D eigenvalue weighted by molar-refractivity contribution is -0.385. The van der Waals surface area contributed by atoms with E-state index in [1.54, 1.807) is 12.1 Å². The Morgan fingerprint density at radius 2 is 2.11 bits per heavy atom. The molecular weight excluding hydrogens is 240 g/mol. The Kier molecular flexibility index (Phi) is 4.12. The van der Waals surface area contributed by atoms with Gasteiger partial charge in [0.2, 0.25) is 0 Å². The van der Waals surface area contributed by atoms with Crippen molar-refractivity contribution in [3.05, 3.63) is 64.8 Å². The highest BCUT2D eigenvalue weighted by Gasteiger charge is 2.29. The second-order valence-electron chi connectivity index (χ2n) is 4.77. The van der Waals surface area contributed by atoms with Crippen LogP contribution in [-0.2, 0) is 6.42 Å². The maximum Gasteiger partial charge on any atom is 0.272 e. The number of nitrogens with zero attached hydrogens (tertiary/aromatic N) is 1. The highest BCUT2D eigenvalue weighted by Crippen LogP contribution is 2.34. The van der Waals surface area contributed by atoms with E-state index in [1.807, 2.05) is 18.2 Å². The van der Waals surface area contributed by atoms with Gasteiger partial charge in [0.05, 0.1) is 4.92 Å². The molecule has 4 heteroatoms. The molecule has 0 aliphatic carbocycles. The van der Waals surface area contributed by atoms with Crippen LogP contribution in [0.1, 0.15) is 30.0 Å². The number of benzene rings is 1. The molecule has 0 radical (unpaired) electrons. The van der Waals surface area contributed by atoms with Crippen LogP contribution < -0.4 is 5.32 Å². The highest BCUT2D eigenvalue weighted by atomic mass is 16.6. The SMILES string of the molecule is C=CC[C@H]1Cc2c(cccc2[N+](=O)[O-])[C@@H](CC=C)N1. The molecule has 1 aromatic carbocycles. The normalized spacial score (nSPS) is 21.5. The van der Waals surface area contributed by atoms with Gasteiger partial charge in [-0.1, -0.05) is 24.3 Å². The Hall–Kier alpha value is -1.94. The Balaban J connectivity index is 2.44. The first-order valence-electron chi connectivity index (χ1n) is 6.41. The van der Waals surface area contributed by atoms with Crippen molar-refractivity contribution in [3.63, 3.8) is 0 Å². The summed E-state index contributed by atoms with van der Waals surface area (Å²) in [6.07, 6.45) is 5.94. The molecule has 1 heterocycles. The second-order valence-corrected chi connectivity index (χ2v) is 4.77. The van der Waals surface area contributed by atoms with Gasteiger partial charge in [-0.05, 0) is 24.8 Å². The molecule has 4 nitrogen and oxygen atoms in total. The molecule has 0 saturated heterocycles. The standard InChI is InChI=1S/C15H18N2O2/c1-3-6-11-10-13-12(14(16-11)7-4-2)8-5-9-15(13)17(18)19/h3-5,8-9,11,14,16H,1-2,6-7,10H2/t11-,14+/m0/s1. The molecule has 0 amide bonds. The average Bonchev–Trinajstić information content (AvgIpc) is 2.38. The summed E-state index contributed by atoms with van der Waals surface area (Å²) in [5.41, 5.74) is 2.10. The number of fused-ring (bicyclic) bond motifs is 1. The van der Waals surface area contributed by atoms with Crippen molar-refractivity contribution in [2.75, 3.05) is 0 Å². The average molecular weight is 258 g/mol. The molecule has 1 aromatic rings. The zero-order valence-electron chi connectivity index (χ0n) is 10.8. The van der Waals surface area contributed by atoms with Gasteiger partial charge in [0.1, 0.15) is 0 Å². The minimum atomic E-state index is -0.292. The second kappa shape index (κ2) is 5.80. The summed E-state index contributed by atoms with van der Waals surface area (Å²) in [4.78, 5) is 10.9. The van der Waals surface area contributed by atoms with Crippen molar-refractivity contribution in [2.24, 2.45) is 0 Å². The summed E-state index contributed by atoms with van der Waals surface area (Å²) < 4.78 is 0. The van der Waals surface area contributed by atoms with Crippen molar-refractivity contribution < 1.29 is 4.92 Å². The third-order valence-electron chi connectivity index (χ3n) is 3.50. The van der Waals surface area contributed by atoms with Crippen LogP contribution in [0.3, 0.4) is 0 Å². The molecule has 0 bridgehead atoms. The summed E-state index contributed by atoms with van der Waals surface area (Å²) >= 11 is 0. The van der Waals surface area contributed by atoms with Gasteiger partial charge in [0, 0.05) is 23.7 Å². The van der Waals surface area contributed by atoms with Crippen LogP contribution in [0.5, 0.6) is 0 Å². The van der Waals surface area contributed by atoms with Gasteiger partial charge < -0.3 is 5.32 Å². The number of rotatable bonds is 5. The molecule has 0 saturated carbocycles. The smallest absolute Gasteiger partial charge is 0.272 e. The number of hydrogen-bond donors (Lipinski definition) is 1. The van der Waals surface area contributed by atoms with Crippen molar-refractivity contribution in [2.45, 2.75) is 31.3 Å². The van der Waals surface area contributed by atoms with E-state index in [-0.39, 0.29) is 22.7 Å². The minimum Gasteiger partial charge on any atom is -0.306 e. The molecule has 2 atom stereocenters. The van der Waals surface area contributed by atoms with Crippen LogP contribution >= 0.6 is 0 Å². The fraction of sp³-hybridized carbons (Fsp3) is 0.333. The van der Waals surface area contributed by atoms with E-state index in [0.29, 0.717) is 6.42 Å². The van der Waals surface area contributed by atoms with E-state index in [2.05, 4.69) is 18.5 Å². The van der Waals surface area contributed by atoms with Gasteiger partial charge in [0.25, 0.3) is 5.69 Å². The van der Waals surface area contributed by atoms with Crippen molar-refractivity contribution in [3.8, 4) is 0 Å². The van der Waals surface area contributed by atoms with Crippen molar-refractivity contribution in [1.29, 1.82) is 0 Å². The van der Waals surface area contributed by atoms with E-state index in [9.17, 15) is 10.1 Å². The lowest BCUT2D eigenvalue weighted by atomic mass is 9.86. The van der Waals surface area contributed by atoms with Gasteiger partial charge in [0.15, 0.2) is 0 Å². The van der Waals surface area contributed by atoms with E-state index in [4.69, 9.17) is 0 Å². The molecular formula is C15H18N2O2. The van der Waals surface area contributed by atoms with Crippen LogP contribution in [0.15, 0.2) is 43.5 Å². The first kappa shape index (κ1) is 13.5. The maximum atomic E-state index is 11.1. The summed E-state index contributed by atoms with van der Waals surface area (Å²) in [7, 11) is 0. The molecule has 19 heavy (non-hydrogen) atoms. The monoisotopic (exact) mass is 258 g/mol. The lowest BCUT2D eigenvalue weighted by Crippen LogP contribution is -2.39. The fourth-order valence-electron chi connectivity index (χ4n) is 2.71. The van der Waals surface area contributed by atoms with E-state index >= 15 is 0 Å². The van der Waals surface area contributed by atoms with Gasteiger partial charge >= 0.3 is 0 Å². The third kappa shape index (κ3) is 2.74. The molecule has 0 fully saturated rings. The van der Waals surface area contributed by atoms with Gasteiger partial charge in [-0.15, -0.1) is 13.2 Å². The van der Waals surface area contributed by atoms with Crippen LogP contribution in [0.2, 0.25) is 0 Å². The lowest BCUT2D eigenvalue weighted by Gasteiger charge is -2.32. The molecule has 0 spiro atoms. The predicted molar refractivity (Wildman–Crippen MR) is 76.1 cm³/mol. The summed E-state index contributed by atoms with van der Waals surface area (Å²) in [6.45, 7) is 7.51. The summed E-state index contributed by atoms with van der Waals surface area (Å²) in [5, 5.41) is 14.7. The molecule has 2 rings (SSSR count). The molecule has 100 valence electrons. The van der Waals surface area contributed by atoms with E-state index < -0.39 is 0 Å². The Labute approximate surface area is 113 Å². The summed E-state index contributed by atoms with van der Waals surface area (Å²) in [6, 6.07) is 5.61.